The second-order valence-electron chi connectivity index (χ2n) is 4.56. The van der Waals surface area contributed by atoms with E-state index in [2.05, 4.69) is 20.8 Å². The van der Waals surface area contributed by atoms with Gasteiger partial charge in [-0.25, -0.2) is 0 Å². The molecular weight excluding hydrogens is 160 g/mol. The molecule has 1 saturated carbocycles. The molecule has 0 aliphatic heterocycles. The van der Waals surface area contributed by atoms with Crippen LogP contribution >= 0.6 is 0 Å². The van der Waals surface area contributed by atoms with Gasteiger partial charge in [0.1, 0.15) is 6.29 Å². The number of hydrogen-bond acceptors (Lipinski definition) is 1. The lowest BCUT2D eigenvalue weighted by Gasteiger charge is -2.31. The van der Waals surface area contributed by atoms with Gasteiger partial charge in [-0.2, -0.15) is 0 Å². The lowest BCUT2D eigenvalue weighted by molar-refractivity contribution is -0.104. The third kappa shape index (κ3) is 2.68. The van der Waals surface area contributed by atoms with Crippen molar-refractivity contribution in [2.24, 2.45) is 17.8 Å². The molecule has 0 aromatic carbocycles. The number of carbonyl (C=O) groups is 1. The van der Waals surface area contributed by atoms with Gasteiger partial charge >= 0.3 is 0 Å². The molecule has 0 aromatic rings. The summed E-state index contributed by atoms with van der Waals surface area (Å²) in [6.45, 7) is 6.78. The average molecular weight is 180 g/mol. The average Bonchev–Trinajstić information content (AvgIpc) is 2.08. The van der Waals surface area contributed by atoms with Crippen LogP contribution in [-0.4, -0.2) is 6.29 Å². The Kier molecular flexibility index (Phi) is 3.71. The highest BCUT2D eigenvalue weighted by molar-refractivity contribution is 5.66. The minimum Gasteiger partial charge on any atom is -0.299 e. The van der Waals surface area contributed by atoms with Gasteiger partial charge in [0.2, 0.25) is 0 Å². The van der Waals surface area contributed by atoms with Crippen LogP contribution < -0.4 is 0 Å². The first-order valence-corrected chi connectivity index (χ1v) is 5.29. The fraction of sp³-hybridized carbons (Fsp3) is 0.750. The van der Waals surface area contributed by atoms with Gasteiger partial charge < -0.3 is 0 Å². The van der Waals surface area contributed by atoms with Gasteiger partial charge in [0.15, 0.2) is 0 Å². The fourth-order valence-electron chi connectivity index (χ4n) is 2.14. The largest absolute Gasteiger partial charge is 0.299 e. The Labute approximate surface area is 81.2 Å². The van der Waals surface area contributed by atoms with Crippen molar-refractivity contribution < 1.29 is 4.79 Å². The van der Waals surface area contributed by atoms with Crippen LogP contribution in [0.4, 0.5) is 0 Å². The second kappa shape index (κ2) is 4.59. The molecule has 0 saturated heterocycles. The quantitative estimate of drug-likeness (QED) is 0.471. The molecule has 13 heavy (non-hydrogen) atoms. The number of rotatable bonds is 2. The summed E-state index contributed by atoms with van der Waals surface area (Å²) in [5.41, 5.74) is 1.36. The molecule has 0 amide bonds. The number of hydrogen-bond donors (Lipinski definition) is 0. The minimum absolute atomic E-state index is 0.625. The molecule has 1 nitrogen and oxygen atoms in total. The summed E-state index contributed by atoms with van der Waals surface area (Å²) in [6.07, 6.45) is 6.43. The van der Waals surface area contributed by atoms with Gasteiger partial charge in [-0.3, -0.25) is 4.79 Å². The molecule has 0 radical (unpaired) electrons. The molecule has 0 aromatic heterocycles. The molecule has 0 spiro atoms. The summed E-state index contributed by atoms with van der Waals surface area (Å²) < 4.78 is 0. The molecule has 1 aliphatic carbocycles. The second-order valence-corrected chi connectivity index (χ2v) is 4.56. The van der Waals surface area contributed by atoms with Gasteiger partial charge in [-0.05, 0) is 43.1 Å². The molecule has 0 bridgehead atoms. The zero-order valence-corrected chi connectivity index (χ0v) is 8.92. The molecule has 0 N–H and O–H groups in total. The molecule has 1 rings (SSSR count). The van der Waals surface area contributed by atoms with Crippen molar-refractivity contribution in [3.05, 3.63) is 11.6 Å². The number of carbonyl (C=O) groups excluding carboxylic acids is 1. The molecule has 1 heteroatoms. The Morgan fingerprint density at radius 1 is 1.38 bits per heavy atom. The van der Waals surface area contributed by atoms with Crippen LogP contribution in [0.3, 0.4) is 0 Å². The first-order chi connectivity index (χ1) is 6.15. The zero-order chi connectivity index (χ0) is 9.84. The van der Waals surface area contributed by atoms with E-state index in [0.717, 1.165) is 24.5 Å². The molecule has 74 valence electrons. The van der Waals surface area contributed by atoms with Crippen LogP contribution in [0, 0.1) is 17.8 Å². The standard InChI is InChI=1S/C12H20O/c1-9(2)11-5-4-10(3)12(8-11)6-7-13/h6-7,9-11H,4-5,8H2,1-3H3/b12-6-. The van der Waals surface area contributed by atoms with Gasteiger partial charge in [0.05, 0.1) is 0 Å². The highest BCUT2D eigenvalue weighted by Crippen LogP contribution is 2.36. The monoisotopic (exact) mass is 180 g/mol. The molecule has 2 atom stereocenters. The summed E-state index contributed by atoms with van der Waals surface area (Å²) in [5, 5.41) is 0. The van der Waals surface area contributed by atoms with Crippen molar-refractivity contribution in [1.82, 2.24) is 0 Å². The first-order valence-electron chi connectivity index (χ1n) is 5.29. The van der Waals surface area contributed by atoms with Crippen LogP contribution in [0.15, 0.2) is 11.6 Å². The maximum atomic E-state index is 10.4. The van der Waals surface area contributed by atoms with Crippen molar-refractivity contribution in [3.8, 4) is 0 Å². The van der Waals surface area contributed by atoms with E-state index in [-0.39, 0.29) is 0 Å². The Hall–Kier alpha value is -0.590. The van der Waals surface area contributed by atoms with Gasteiger partial charge in [0, 0.05) is 0 Å². The predicted molar refractivity (Wildman–Crippen MR) is 55.5 cm³/mol. The SMILES string of the molecule is CC1CCC(C(C)C)C/C1=C/C=O. The van der Waals surface area contributed by atoms with E-state index in [9.17, 15) is 4.79 Å². The third-order valence-electron chi connectivity index (χ3n) is 3.33. The van der Waals surface area contributed by atoms with E-state index < -0.39 is 0 Å². The highest BCUT2D eigenvalue weighted by Gasteiger charge is 2.24. The number of allylic oxidation sites excluding steroid dienone is 2. The zero-order valence-electron chi connectivity index (χ0n) is 8.92. The Morgan fingerprint density at radius 2 is 2.08 bits per heavy atom. The lowest BCUT2D eigenvalue weighted by atomic mass is 9.74. The summed E-state index contributed by atoms with van der Waals surface area (Å²) in [4.78, 5) is 10.4. The molecule has 2 unspecified atom stereocenters. The van der Waals surface area contributed by atoms with Crippen LogP contribution in [0.1, 0.15) is 40.0 Å². The first kappa shape index (κ1) is 10.5. The molecule has 1 fully saturated rings. The van der Waals surface area contributed by atoms with Crippen LogP contribution in [0.2, 0.25) is 0 Å². The van der Waals surface area contributed by atoms with Crippen molar-refractivity contribution >= 4 is 6.29 Å². The Bertz CT molecular complexity index is 203. The van der Waals surface area contributed by atoms with Crippen molar-refractivity contribution in [2.75, 3.05) is 0 Å². The van der Waals surface area contributed by atoms with E-state index in [0.29, 0.717) is 5.92 Å². The van der Waals surface area contributed by atoms with E-state index >= 15 is 0 Å². The third-order valence-corrected chi connectivity index (χ3v) is 3.33. The van der Waals surface area contributed by atoms with E-state index in [1.807, 2.05) is 0 Å². The number of aldehydes is 1. The molecule has 1 aliphatic rings. The van der Waals surface area contributed by atoms with Gasteiger partial charge in [-0.15, -0.1) is 0 Å². The maximum Gasteiger partial charge on any atom is 0.142 e. The van der Waals surface area contributed by atoms with Crippen LogP contribution in [-0.2, 0) is 4.79 Å². The topological polar surface area (TPSA) is 17.1 Å². The summed E-state index contributed by atoms with van der Waals surface area (Å²) in [6, 6.07) is 0. The Morgan fingerprint density at radius 3 is 2.62 bits per heavy atom. The van der Waals surface area contributed by atoms with Crippen molar-refractivity contribution in [1.29, 1.82) is 0 Å². The normalized spacial score (nSPS) is 32.5. The minimum atomic E-state index is 0.625. The molecular formula is C12H20O. The lowest BCUT2D eigenvalue weighted by Crippen LogP contribution is -2.19. The Balaban J connectivity index is 2.63. The maximum absolute atomic E-state index is 10.4. The van der Waals surface area contributed by atoms with Crippen molar-refractivity contribution in [2.45, 2.75) is 40.0 Å². The van der Waals surface area contributed by atoms with Crippen molar-refractivity contribution in [3.63, 3.8) is 0 Å². The summed E-state index contributed by atoms with van der Waals surface area (Å²) in [5.74, 6) is 2.17. The fourth-order valence-corrected chi connectivity index (χ4v) is 2.14. The van der Waals surface area contributed by atoms with Gasteiger partial charge in [0.25, 0.3) is 0 Å². The summed E-state index contributed by atoms with van der Waals surface area (Å²) >= 11 is 0. The molecule has 0 heterocycles. The van der Waals surface area contributed by atoms with Crippen LogP contribution in [0.25, 0.3) is 0 Å². The van der Waals surface area contributed by atoms with Gasteiger partial charge in [-0.1, -0.05) is 26.3 Å². The summed E-state index contributed by atoms with van der Waals surface area (Å²) in [7, 11) is 0. The van der Waals surface area contributed by atoms with E-state index in [1.54, 1.807) is 6.08 Å². The van der Waals surface area contributed by atoms with E-state index in [1.165, 1.54) is 18.4 Å². The van der Waals surface area contributed by atoms with Crippen LogP contribution in [0.5, 0.6) is 0 Å². The highest BCUT2D eigenvalue weighted by atomic mass is 16.1. The smallest absolute Gasteiger partial charge is 0.142 e. The predicted octanol–water partition coefficient (Wildman–Crippen LogP) is 3.20. The van der Waals surface area contributed by atoms with E-state index in [4.69, 9.17) is 0 Å².